The summed E-state index contributed by atoms with van der Waals surface area (Å²) in [6.07, 6.45) is 7.26. The number of aliphatic imine (C=N–C) groups is 1. The van der Waals surface area contributed by atoms with E-state index in [-0.39, 0.29) is 0 Å². The van der Waals surface area contributed by atoms with Crippen LogP contribution < -0.4 is 10.6 Å². The van der Waals surface area contributed by atoms with Crippen LogP contribution in [0.1, 0.15) is 30.7 Å². The molecule has 3 rings (SSSR count). The summed E-state index contributed by atoms with van der Waals surface area (Å²) in [6.45, 7) is 5.69. The van der Waals surface area contributed by atoms with E-state index in [0.29, 0.717) is 12.6 Å². The van der Waals surface area contributed by atoms with Crippen LogP contribution >= 0.6 is 0 Å². The van der Waals surface area contributed by atoms with E-state index in [1.807, 2.05) is 25.5 Å². The maximum atomic E-state index is 5.15. The van der Waals surface area contributed by atoms with Gasteiger partial charge >= 0.3 is 0 Å². The van der Waals surface area contributed by atoms with Crippen molar-refractivity contribution in [2.45, 2.75) is 38.4 Å². The highest BCUT2D eigenvalue weighted by molar-refractivity contribution is 5.79. The Morgan fingerprint density at radius 2 is 2.03 bits per heavy atom. The molecule has 2 heterocycles. The number of aromatic nitrogens is 2. The Bertz CT molecular complexity index is 737. The fourth-order valence-corrected chi connectivity index (χ4v) is 3.72. The lowest BCUT2D eigenvalue weighted by Gasteiger charge is -2.33. The molecular weight excluding hydrogens is 364 g/mol. The molecule has 1 saturated heterocycles. The van der Waals surface area contributed by atoms with Gasteiger partial charge in [-0.05, 0) is 24.8 Å². The van der Waals surface area contributed by atoms with Gasteiger partial charge in [0, 0.05) is 65.4 Å². The molecule has 0 radical (unpaired) electrons. The second-order valence-corrected chi connectivity index (χ2v) is 7.49. The highest BCUT2D eigenvalue weighted by Crippen LogP contribution is 2.11. The standard InChI is InChI=1S/C22H34N6O/c1-23-22(26-20-9-13-27(14-10-20)12-6-16-29-2)25-17-21-24-11-15-28(21)18-19-7-4-3-5-8-19/h3-5,7-8,11,15,20H,6,9-10,12-14,16-18H2,1-2H3,(H2,23,25,26). The van der Waals surface area contributed by atoms with Crippen LogP contribution in [0, 0.1) is 0 Å². The number of benzene rings is 1. The van der Waals surface area contributed by atoms with Crippen molar-refractivity contribution >= 4 is 5.96 Å². The molecule has 158 valence electrons. The number of piperidine rings is 1. The van der Waals surface area contributed by atoms with Gasteiger partial charge in [-0.1, -0.05) is 30.3 Å². The molecule has 7 heteroatoms. The topological polar surface area (TPSA) is 66.7 Å². The summed E-state index contributed by atoms with van der Waals surface area (Å²) in [5.41, 5.74) is 1.27. The molecule has 2 N–H and O–H groups in total. The first-order valence-corrected chi connectivity index (χ1v) is 10.5. The zero-order valence-electron chi connectivity index (χ0n) is 17.7. The Morgan fingerprint density at radius 1 is 1.24 bits per heavy atom. The second kappa shape index (κ2) is 11.6. The number of nitrogens with zero attached hydrogens (tertiary/aromatic N) is 4. The van der Waals surface area contributed by atoms with Crippen molar-refractivity contribution in [2.24, 2.45) is 4.99 Å². The van der Waals surface area contributed by atoms with Crippen molar-refractivity contribution in [3.8, 4) is 0 Å². The van der Waals surface area contributed by atoms with Crippen molar-refractivity contribution in [3.05, 3.63) is 54.1 Å². The number of nitrogens with one attached hydrogen (secondary N) is 2. The fraction of sp³-hybridized carbons (Fsp3) is 0.545. The molecule has 0 spiro atoms. The minimum atomic E-state index is 0.462. The number of rotatable bonds is 9. The summed E-state index contributed by atoms with van der Waals surface area (Å²) in [5, 5.41) is 7.00. The van der Waals surface area contributed by atoms with Gasteiger partial charge in [0.05, 0.1) is 6.54 Å². The molecule has 1 aliphatic rings. The third kappa shape index (κ3) is 6.87. The number of ether oxygens (including phenoxy) is 1. The quantitative estimate of drug-likeness (QED) is 0.385. The fourth-order valence-electron chi connectivity index (χ4n) is 3.72. The SMILES string of the molecule is CN=C(NCc1nccn1Cc1ccccc1)NC1CCN(CCCOC)CC1. The molecule has 0 amide bonds. The molecule has 0 bridgehead atoms. The van der Waals surface area contributed by atoms with Crippen molar-refractivity contribution in [2.75, 3.05) is 40.4 Å². The van der Waals surface area contributed by atoms with Crippen molar-refractivity contribution in [1.82, 2.24) is 25.1 Å². The van der Waals surface area contributed by atoms with Crippen LogP contribution in [0.3, 0.4) is 0 Å². The molecule has 1 fully saturated rings. The smallest absolute Gasteiger partial charge is 0.191 e. The summed E-state index contributed by atoms with van der Waals surface area (Å²) >= 11 is 0. The van der Waals surface area contributed by atoms with Gasteiger partial charge in [0.25, 0.3) is 0 Å². The number of guanidine groups is 1. The normalized spacial score (nSPS) is 16.1. The number of methoxy groups -OCH3 is 1. The lowest BCUT2D eigenvalue weighted by Crippen LogP contribution is -2.48. The molecule has 0 unspecified atom stereocenters. The maximum absolute atomic E-state index is 5.15. The Morgan fingerprint density at radius 3 is 2.76 bits per heavy atom. The van der Waals surface area contributed by atoms with Crippen LogP contribution in [0.5, 0.6) is 0 Å². The van der Waals surface area contributed by atoms with E-state index in [1.165, 1.54) is 5.56 Å². The average molecular weight is 399 g/mol. The number of hydrogen-bond donors (Lipinski definition) is 2. The van der Waals surface area contributed by atoms with E-state index < -0.39 is 0 Å². The van der Waals surface area contributed by atoms with E-state index in [1.54, 1.807) is 7.11 Å². The highest BCUT2D eigenvalue weighted by atomic mass is 16.5. The minimum Gasteiger partial charge on any atom is -0.385 e. The molecule has 0 aliphatic carbocycles. The molecular formula is C22H34N6O. The van der Waals surface area contributed by atoms with Crippen LogP contribution in [0.4, 0.5) is 0 Å². The Labute approximate surface area is 174 Å². The molecule has 0 atom stereocenters. The number of imidazole rings is 1. The van der Waals surface area contributed by atoms with Gasteiger partial charge in [0.1, 0.15) is 5.82 Å². The van der Waals surface area contributed by atoms with E-state index >= 15 is 0 Å². The van der Waals surface area contributed by atoms with Gasteiger partial charge < -0.3 is 24.8 Å². The molecule has 1 aromatic carbocycles. The van der Waals surface area contributed by atoms with Crippen molar-refractivity contribution in [3.63, 3.8) is 0 Å². The van der Waals surface area contributed by atoms with E-state index in [0.717, 1.165) is 63.8 Å². The Hall–Kier alpha value is -2.38. The average Bonchev–Trinajstić information content (AvgIpc) is 3.20. The van der Waals surface area contributed by atoms with E-state index in [9.17, 15) is 0 Å². The summed E-state index contributed by atoms with van der Waals surface area (Å²) in [7, 11) is 3.59. The number of likely N-dealkylation sites (tertiary alicyclic amines) is 1. The first kappa shape index (κ1) is 21.3. The predicted molar refractivity (Wildman–Crippen MR) is 117 cm³/mol. The van der Waals surface area contributed by atoms with Gasteiger partial charge in [0.15, 0.2) is 5.96 Å². The van der Waals surface area contributed by atoms with Crippen LogP contribution in [-0.4, -0.2) is 66.9 Å². The van der Waals surface area contributed by atoms with Gasteiger partial charge in [-0.25, -0.2) is 4.98 Å². The van der Waals surface area contributed by atoms with Crippen LogP contribution in [-0.2, 0) is 17.8 Å². The number of hydrogen-bond acceptors (Lipinski definition) is 4. The van der Waals surface area contributed by atoms with Gasteiger partial charge in [0.2, 0.25) is 0 Å². The minimum absolute atomic E-state index is 0.462. The molecule has 1 aromatic heterocycles. The Kier molecular flexibility index (Phi) is 8.52. The van der Waals surface area contributed by atoms with Crippen LogP contribution in [0.25, 0.3) is 0 Å². The monoisotopic (exact) mass is 398 g/mol. The first-order chi connectivity index (χ1) is 14.3. The van der Waals surface area contributed by atoms with E-state index in [2.05, 4.69) is 54.3 Å². The zero-order chi connectivity index (χ0) is 20.3. The van der Waals surface area contributed by atoms with Gasteiger partial charge in [-0.3, -0.25) is 4.99 Å². The van der Waals surface area contributed by atoms with Crippen LogP contribution in [0.15, 0.2) is 47.7 Å². The molecule has 29 heavy (non-hydrogen) atoms. The summed E-state index contributed by atoms with van der Waals surface area (Å²) in [6, 6.07) is 10.9. The predicted octanol–water partition coefficient (Wildman–Crippen LogP) is 2.10. The lowest BCUT2D eigenvalue weighted by molar-refractivity contribution is 0.155. The molecule has 1 aliphatic heterocycles. The van der Waals surface area contributed by atoms with Crippen LogP contribution in [0.2, 0.25) is 0 Å². The van der Waals surface area contributed by atoms with E-state index in [4.69, 9.17) is 4.74 Å². The summed E-state index contributed by atoms with van der Waals surface area (Å²) in [4.78, 5) is 11.4. The molecule has 2 aromatic rings. The molecule has 0 saturated carbocycles. The zero-order valence-corrected chi connectivity index (χ0v) is 17.7. The summed E-state index contributed by atoms with van der Waals surface area (Å²) < 4.78 is 7.33. The summed E-state index contributed by atoms with van der Waals surface area (Å²) in [5.74, 6) is 1.85. The highest BCUT2D eigenvalue weighted by Gasteiger charge is 2.19. The van der Waals surface area contributed by atoms with Gasteiger partial charge in [-0.2, -0.15) is 0 Å². The first-order valence-electron chi connectivity index (χ1n) is 10.5. The van der Waals surface area contributed by atoms with Gasteiger partial charge in [-0.15, -0.1) is 0 Å². The maximum Gasteiger partial charge on any atom is 0.191 e. The molecule has 7 nitrogen and oxygen atoms in total. The largest absolute Gasteiger partial charge is 0.385 e. The third-order valence-corrected chi connectivity index (χ3v) is 5.39. The lowest BCUT2D eigenvalue weighted by atomic mass is 10.1. The second-order valence-electron chi connectivity index (χ2n) is 7.49. The third-order valence-electron chi connectivity index (χ3n) is 5.39. The Balaban J connectivity index is 1.43. The van der Waals surface area contributed by atoms with Crippen molar-refractivity contribution < 1.29 is 4.74 Å². The van der Waals surface area contributed by atoms with Crippen molar-refractivity contribution in [1.29, 1.82) is 0 Å².